The Bertz CT molecular complexity index is 1120. The van der Waals surface area contributed by atoms with Gasteiger partial charge < -0.3 is 9.30 Å². The van der Waals surface area contributed by atoms with Gasteiger partial charge in [-0.25, -0.2) is 12.7 Å². The molecule has 1 aromatic heterocycles. The Kier molecular flexibility index (Phi) is 6.78. The van der Waals surface area contributed by atoms with Gasteiger partial charge in [0.2, 0.25) is 10.0 Å². The predicted octanol–water partition coefficient (Wildman–Crippen LogP) is 2.10. The van der Waals surface area contributed by atoms with E-state index in [1.165, 1.54) is 34.6 Å². The Morgan fingerprint density at radius 2 is 1.93 bits per heavy atom. The molecule has 0 unspecified atom stereocenters. The van der Waals surface area contributed by atoms with Crippen LogP contribution >= 0.6 is 11.3 Å². The molecule has 0 radical (unpaired) electrons. The Morgan fingerprint density at radius 3 is 2.50 bits per heavy atom. The van der Waals surface area contributed by atoms with Crippen molar-refractivity contribution in [3.63, 3.8) is 0 Å². The van der Waals surface area contributed by atoms with Gasteiger partial charge in [0, 0.05) is 19.0 Å². The molecule has 0 bridgehead atoms. The van der Waals surface area contributed by atoms with Crippen LogP contribution in [0.2, 0.25) is 0 Å². The standard InChI is InChI=1S/C20H27N3O5S2/c1-13(2)15-5-6-16-17(11-15)29-20(23(16)12-18(24)28-3)21-19(25)14-7-9-22(10-8-14)30(4,26)27/h5-6,11,13-14H,7-10,12H2,1-4H3. The molecule has 10 heteroatoms. The number of hydrogen-bond acceptors (Lipinski definition) is 6. The van der Waals surface area contributed by atoms with Crippen molar-refractivity contribution in [1.29, 1.82) is 0 Å². The van der Waals surface area contributed by atoms with E-state index in [-0.39, 0.29) is 18.4 Å². The van der Waals surface area contributed by atoms with Gasteiger partial charge in [-0.2, -0.15) is 4.99 Å². The number of hydrogen-bond donors (Lipinski definition) is 0. The summed E-state index contributed by atoms with van der Waals surface area (Å²) < 4.78 is 32.2. The van der Waals surface area contributed by atoms with E-state index in [0.717, 1.165) is 10.2 Å². The number of ether oxygens (including phenoxy) is 1. The van der Waals surface area contributed by atoms with E-state index >= 15 is 0 Å². The molecule has 1 fully saturated rings. The minimum atomic E-state index is -3.25. The predicted molar refractivity (Wildman–Crippen MR) is 116 cm³/mol. The fourth-order valence-corrected chi connectivity index (χ4v) is 5.46. The zero-order valence-corrected chi connectivity index (χ0v) is 19.3. The van der Waals surface area contributed by atoms with Crippen molar-refractivity contribution in [2.24, 2.45) is 10.9 Å². The smallest absolute Gasteiger partial charge is 0.325 e. The number of carbonyl (C=O) groups is 2. The van der Waals surface area contributed by atoms with Crippen molar-refractivity contribution in [1.82, 2.24) is 8.87 Å². The van der Waals surface area contributed by atoms with Crippen LogP contribution in [0.3, 0.4) is 0 Å². The van der Waals surface area contributed by atoms with E-state index in [0.29, 0.717) is 36.7 Å². The van der Waals surface area contributed by atoms with E-state index in [1.807, 2.05) is 12.1 Å². The molecule has 0 spiro atoms. The second-order valence-corrected chi connectivity index (χ2v) is 10.8. The highest BCUT2D eigenvalue weighted by atomic mass is 32.2. The number of benzene rings is 1. The normalized spacial score (nSPS) is 17.0. The lowest BCUT2D eigenvalue weighted by atomic mass is 9.98. The number of methoxy groups -OCH3 is 1. The monoisotopic (exact) mass is 453 g/mol. The summed E-state index contributed by atoms with van der Waals surface area (Å²) in [6.45, 7) is 4.81. The van der Waals surface area contributed by atoms with Crippen LogP contribution in [-0.4, -0.2) is 55.6 Å². The summed E-state index contributed by atoms with van der Waals surface area (Å²) in [6, 6.07) is 6.02. The first-order valence-corrected chi connectivity index (χ1v) is 12.5. The van der Waals surface area contributed by atoms with Crippen molar-refractivity contribution < 1.29 is 22.7 Å². The number of aromatic nitrogens is 1. The molecule has 2 heterocycles. The SMILES string of the molecule is COC(=O)Cn1c(=NC(=O)C2CCN(S(C)(=O)=O)CC2)sc2cc(C(C)C)ccc21. The summed E-state index contributed by atoms with van der Waals surface area (Å²) in [5, 5.41) is 0. The lowest BCUT2D eigenvalue weighted by Crippen LogP contribution is -2.39. The van der Waals surface area contributed by atoms with Gasteiger partial charge in [-0.15, -0.1) is 0 Å². The Balaban J connectivity index is 1.95. The number of esters is 1. The van der Waals surface area contributed by atoms with E-state index in [9.17, 15) is 18.0 Å². The number of rotatable bonds is 5. The second kappa shape index (κ2) is 8.99. The molecule has 3 rings (SSSR count). The van der Waals surface area contributed by atoms with Crippen LogP contribution in [0.4, 0.5) is 0 Å². The average Bonchev–Trinajstić information content (AvgIpc) is 3.03. The third-order valence-electron chi connectivity index (χ3n) is 5.37. The van der Waals surface area contributed by atoms with E-state index < -0.39 is 16.0 Å². The van der Waals surface area contributed by atoms with Crippen molar-refractivity contribution in [3.8, 4) is 0 Å². The molecule has 1 aliphatic heterocycles. The molecule has 30 heavy (non-hydrogen) atoms. The third kappa shape index (κ3) is 4.98. The fraction of sp³-hybridized carbons (Fsp3) is 0.550. The maximum atomic E-state index is 12.8. The lowest BCUT2D eigenvalue weighted by molar-refractivity contribution is -0.141. The summed E-state index contributed by atoms with van der Waals surface area (Å²) in [5.41, 5.74) is 1.99. The topological polar surface area (TPSA) is 98.0 Å². The molecule has 1 aliphatic rings. The van der Waals surface area contributed by atoms with Crippen LogP contribution in [0.25, 0.3) is 10.2 Å². The van der Waals surface area contributed by atoms with E-state index in [4.69, 9.17) is 4.74 Å². The van der Waals surface area contributed by atoms with Crippen molar-refractivity contribution in [3.05, 3.63) is 28.6 Å². The van der Waals surface area contributed by atoms with Gasteiger partial charge in [0.1, 0.15) is 6.54 Å². The molecular weight excluding hydrogens is 426 g/mol. The Labute approximate surface area is 180 Å². The molecular formula is C20H27N3O5S2. The van der Waals surface area contributed by atoms with E-state index in [1.54, 1.807) is 4.57 Å². The third-order valence-corrected chi connectivity index (χ3v) is 7.71. The summed E-state index contributed by atoms with van der Waals surface area (Å²) in [4.78, 5) is 29.6. The second-order valence-electron chi connectivity index (χ2n) is 7.82. The van der Waals surface area contributed by atoms with Gasteiger partial charge in [0.05, 0.1) is 23.6 Å². The summed E-state index contributed by atoms with van der Waals surface area (Å²) in [7, 11) is -1.92. The zero-order chi connectivity index (χ0) is 22.1. The van der Waals surface area contributed by atoms with Gasteiger partial charge in [-0.1, -0.05) is 31.3 Å². The first kappa shape index (κ1) is 22.6. The molecule has 1 amide bonds. The quantitative estimate of drug-likeness (QED) is 0.646. The van der Waals surface area contributed by atoms with Crippen LogP contribution < -0.4 is 4.80 Å². The number of thiazole rings is 1. The largest absolute Gasteiger partial charge is 0.468 e. The highest BCUT2D eigenvalue weighted by molar-refractivity contribution is 7.88. The van der Waals surface area contributed by atoms with Crippen molar-refractivity contribution in [2.75, 3.05) is 26.5 Å². The molecule has 0 N–H and O–H groups in total. The Hall–Kier alpha value is -2.04. The van der Waals surface area contributed by atoms with Crippen LogP contribution in [0.15, 0.2) is 23.2 Å². The first-order chi connectivity index (χ1) is 14.1. The maximum Gasteiger partial charge on any atom is 0.325 e. The first-order valence-electron chi connectivity index (χ1n) is 9.84. The summed E-state index contributed by atoms with van der Waals surface area (Å²) in [5.74, 6) is -0.672. The maximum absolute atomic E-state index is 12.8. The molecule has 0 atom stereocenters. The Morgan fingerprint density at radius 1 is 1.27 bits per heavy atom. The fourth-order valence-electron chi connectivity index (χ4n) is 3.50. The van der Waals surface area contributed by atoms with Crippen molar-refractivity contribution in [2.45, 2.75) is 39.2 Å². The minimum absolute atomic E-state index is 0.0316. The summed E-state index contributed by atoms with van der Waals surface area (Å²) in [6.07, 6.45) is 2.06. The van der Waals surface area contributed by atoms with Crippen LogP contribution in [0.5, 0.6) is 0 Å². The van der Waals surface area contributed by atoms with E-state index in [2.05, 4.69) is 24.9 Å². The molecule has 1 aromatic carbocycles. The lowest BCUT2D eigenvalue weighted by Gasteiger charge is -2.28. The molecule has 8 nitrogen and oxygen atoms in total. The number of piperidine rings is 1. The number of fused-ring (bicyclic) bond motifs is 1. The van der Waals surface area contributed by atoms with Crippen molar-refractivity contribution >= 4 is 43.5 Å². The highest BCUT2D eigenvalue weighted by Gasteiger charge is 2.29. The van der Waals surface area contributed by atoms with Gasteiger partial charge in [-0.05, 0) is 36.5 Å². The van der Waals surface area contributed by atoms with Crippen LogP contribution in [0, 0.1) is 5.92 Å². The van der Waals surface area contributed by atoms with Gasteiger partial charge in [-0.3, -0.25) is 9.59 Å². The van der Waals surface area contributed by atoms with Crippen LogP contribution in [0.1, 0.15) is 38.2 Å². The molecule has 2 aromatic rings. The minimum Gasteiger partial charge on any atom is -0.468 e. The number of nitrogens with zero attached hydrogens (tertiary/aromatic N) is 3. The van der Waals surface area contributed by atoms with Crippen LogP contribution in [-0.2, 0) is 30.9 Å². The molecule has 1 saturated heterocycles. The molecule has 164 valence electrons. The average molecular weight is 454 g/mol. The molecule has 0 aliphatic carbocycles. The summed E-state index contributed by atoms with van der Waals surface area (Å²) >= 11 is 1.37. The van der Waals surface area contributed by atoms with Gasteiger partial charge in [0.15, 0.2) is 4.80 Å². The number of amides is 1. The number of sulfonamides is 1. The zero-order valence-electron chi connectivity index (χ0n) is 17.6. The van der Waals surface area contributed by atoms with Gasteiger partial charge in [0.25, 0.3) is 5.91 Å². The molecule has 0 saturated carbocycles. The highest BCUT2D eigenvalue weighted by Crippen LogP contribution is 2.24. The number of carbonyl (C=O) groups excluding carboxylic acids is 2. The van der Waals surface area contributed by atoms with Gasteiger partial charge >= 0.3 is 5.97 Å².